The number of carbonyl (C=O) groups excluding carboxylic acids is 1. The average Bonchev–Trinajstić information content (AvgIpc) is 2.96. The van der Waals surface area contributed by atoms with Crippen LogP contribution in [0, 0.1) is 0 Å². The molecule has 0 bridgehead atoms. The molecule has 0 aliphatic rings. The zero-order valence-electron chi connectivity index (χ0n) is 23.9. The third-order valence-electron chi connectivity index (χ3n) is 6.28. The molecular formula is C32H38F2N2O6. The first-order valence-electron chi connectivity index (χ1n) is 14.0. The summed E-state index contributed by atoms with van der Waals surface area (Å²) in [6.45, 7) is 3.63. The molecule has 226 valence electrons. The lowest BCUT2D eigenvalue weighted by molar-refractivity contribution is -0.149. The largest absolute Gasteiger partial charge is 0.492 e. The van der Waals surface area contributed by atoms with Crippen molar-refractivity contribution < 1.29 is 37.7 Å². The molecule has 0 saturated heterocycles. The standard InChI is InChI=1S/C32H38F2N2O6/c1-3-40-29(30(37)38)23-24-11-15-26(16-12-24)41-22-21-36(20-8-7-19-32(2,33)34)31(39)35-25-13-17-28(18-14-25)42-27-9-5-4-6-10-27/h4-6,9-18,29H,3,7-8,19-23H2,1-2H3,(H,35,39)(H,37,38). The summed E-state index contributed by atoms with van der Waals surface area (Å²) in [6.07, 6.45) is -0.248. The molecule has 3 rings (SSSR count). The van der Waals surface area contributed by atoms with Crippen molar-refractivity contribution in [1.82, 2.24) is 4.90 Å². The fourth-order valence-corrected chi connectivity index (χ4v) is 4.11. The second-order valence-electron chi connectivity index (χ2n) is 9.86. The molecule has 3 aromatic rings. The van der Waals surface area contributed by atoms with Crippen molar-refractivity contribution >= 4 is 17.7 Å². The number of para-hydroxylation sites is 1. The van der Waals surface area contributed by atoms with Gasteiger partial charge < -0.3 is 29.5 Å². The molecule has 0 radical (unpaired) electrons. The summed E-state index contributed by atoms with van der Waals surface area (Å²) < 4.78 is 43.4. The zero-order chi connectivity index (χ0) is 30.4. The number of amides is 2. The van der Waals surface area contributed by atoms with E-state index < -0.39 is 18.0 Å². The lowest BCUT2D eigenvalue weighted by atomic mass is 10.1. The first-order chi connectivity index (χ1) is 20.1. The number of carbonyl (C=O) groups is 2. The number of hydrogen-bond acceptors (Lipinski definition) is 5. The Hall–Kier alpha value is -4.18. The Labute approximate surface area is 245 Å². The summed E-state index contributed by atoms with van der Waals surface area (Å²) in [5.41, 5.74) is 1.35. The molecule has 0 aliphatic heterocycles. The summed E-state index contributed by atoms with van der Waals surface area (Å²) in [5.74, 6) is -1.90. The molecule has 1 unspecified atom stereocenters. The van der Waals surface area contributed by atoms with Crippen LogP contribution in [0.2, 0.25) is 0 Å². The number of aliphatic carboxylic acids is 1. The van der Waals surface area contributed by atoms with E-state index in [9.17, 15) is 23.5 Å². The van der Waals surface area contributed by atoms with Gasteiger partial charge in [0.15, 0.2) is 6.10 Å². The number of benzene rings is 3. The van der Waals surface area contributed by atoms with E-state index in [1.165, 1.54) is 4.90 Å². The number of rotatable bonds is 17. The van der Waals surface area contributed by atoms with Crippen LogP contribution < -0.4 is 14.8 Å². The van der Waals surface area contributed by atoms with Crippen LogP contribution in [0.5, 0.6) is 17.2 Å². The van der Waals surface area contributed by atoms with Crippen molar-refractivity contribution in [2.24, 2.45) is 0 Å². The predicted octanol–water partition coefficient (Wildman–Crippen LogP) is 7.25. The van der Waals surface area contributed by atoms with E-state index >= 15 is 0 Å². The number of ether oxygens (including phenoxy) is 3. The predicted molar refractivity (Wildman–Crippen MR) is 157 cm³/mol. The number of unbranched alkanes of at least 4 members (excludes halogenated alkanes) is 1. The van der Waals surface area contributed by atoms with Crippen molar-refractivity contribution in [2.45, 2.75) is 51.6 Å². The van der Waals surface area contributed by atoms with E-state index in [1.807, 2.05) is 30.3 Å². The van der Waals surface area contributed by atoms with Crippen LogP contribution in [-0.2, 0) is 16.0 Å². The lowest BCUT2D eigenvalue weighted by Gasteiger charge is -2.24. The number of carboxylic acids is 1. The smallest absolute Gasteiger partial charge is 0.333 e. The Bertz CT molecular complexity index is 1230. The number of hydrogen-bond donors (Lipinski definition) is 2. The quantitative estimate of drug-likeness (QED) is 0.162. The fourth-order valence-electron chi connectivity index (χ4n) is 4.11. The Balaban J connectivity index is 1.55. The van der Waals surface area contributed by atoms with E-state index in [4.69, 9.17) is 14.2 Å². The second-order valence-corrected chi connectivity index (χ2v) is 9.86. The van der Waals surface area contributed by atoms with Crippen LogP contribution in [-0.4, -0.2) is 60.3 Å². The van der Waals surface area contributed by atoms with Crippen molar-refractivity contribution in [2.75, 3.05) is 31.6 Å². The van der Waals surface area contributed by atoms with Crippen LogP contribution in [0.3, 0.4) is 0 Å². The molecule has 0 saturated carbocycles. The molecule has 0 aliphatic carbocycles. The van der Waals surface area contributed by atoms with Gasteiger partial charge in [-0.1, -0.05) is 30.3 Å². The van der Waals surface area contributed by atoms with Gasteiger partial charge in [0.25, 0.3) is 0 Å². The molecule has 3 aromatic carbocycles. The van der Waals surface area contributed by atoms with Gasteiger partial charge in [0.2, 0.25) is 5.92 Å². The van der Waals surface area contributed by atoms with Crippen molar-refractivity contribution in [3.05, 3.63) is 84.4 Å². The fraction of sp³-hybridized carbons (Fsp3) is 0.375. The minimum atomic E-state index is -2.75. The molecule has 10 heteroatoms. The molecule has 8 nitrogen and oxygen atoms in total. The van der Waals surface area contributed by atoms with Gasteiger partial charge in [-0.15, -0.1) is 0 Å². The summed E-state index contributed by atoms with van der Waals surface area (Å²) in [4.78, 5) is 26.0. The third kappa shape index (κ3) is 11.7. The molecule has 42 heavy (non-hydrogen) atoms. The molecule has 2 amide bonds. The number of carboxylic acid groups (broad SMARTS) is 1. The number of anilines is 1. The van der Waals surface area contributed by atoms with E-state index in [1.54, 1.807) is 55.5 Å². The maximum Gasteiger partial charge on any atom is 0.333 e. The lowest BCUT2D eigenvalue weighted by Crippen LogP contribution is -2.38. The Morgan fingerprint density at radius 1 is 0.905 bits per heavy atom. The van der Waals surface area contributed by atoms with Crippen LogP contribution in [0.1, 0.15) is 38.7 Å². The maximum atomic E-state index is 13.3. The summed E-state index contributed by atoms with van der Waals surface area (Å²) >= 11 is 0. The van der Waals surface area contributed by atoms with Gasteiger partial charge in [0, 0.05) is 31.7 Å². The van der Waals surface area contributed by atoms with Gasteiger partial charge in [-0.3, -0.25) is 0 Å². The molecule has 0 aromatic heterocycles. The van der Waals surface area contributed by atoms with E-state index in [0.717, 1.165) is 12.5 Å². The number of nitrogens with zero attached hydrogens (tertiary/aromatic N) is 1. The second kappa shape index (κ2) is 16.3. The molecule has 1 atom stereocenters. The van der Waals surface area contributed by atoms with E-state index in [0.29, 0.717) is 36.0 Å². The number of nitrogens with one attached hydrogen (secondary N) is 1. The maximum absolute atomic E-state index is 13.3. The van der Waals surface area contributed by atoms with Gasteiger partial charge in [-0.05, 0) is 80.8 Å². The van der Waals surface area contributed by atoms with Crippen molar-refractivity contribution in [3.8, 4) is 17.2 Å². The summed E-state index contributed by atoms with van der Waals surface area (Å²) in [7, 11) is 0. The van der Waals surface area contributed by atoms with Crippen LogP contribution in [0.15, 0.2) is 78.9 Å². The summed E-state index contributed by atoms with van der Waals surface area (Å²) in [6, 6.07) is 22.9. The minimum Gasteiger partial charge on any atom is -0.492 e. The number of alkyl halides is 2. The Morgan fingerprint density at radius 3 is 2.17 bits per heavy atom. The first-order valence-corrected chi connectivity index (χ1v) is 14.0. The highest BCUT2D eigenvalue weighted by Gasteiger charge is 2.21. The molecule has 0 heterocycles. The molecular weight excluding hydrogens is 546 g/mol. The Morgan fingerprint density at radius 2 is 1.55 bits per heavy atom. The highest BCUT2D eigenvalue weighted by Crippen LogP contribution is 2.23. The first kappa shape index (κ1) is 32.3. The Kier molecular flexibility index (Phi) is 12.6. The third-order valence-corrected chi connectivity index (χ3v) is 6.28. The molecule has 0 fully saturated rings. The van der Waals surface area contributed by atoms with Gasteiger partial charge in [-0.2, -0.15) is 0 Å². The van der Waals surface area contributed by atoms with Crippen molar-refractivity contribution in [3.63, 3.8) is 0 Å². The monoisotopic (exact) mass is 584 g/mol. The topological polar surface area (TPSA) is 97.3 Å². The van der Waals surface area contributed by atoms with E-state index in [-0.39, 0.29) is 45.0 Å². The number of halogens is 2. The van der Waals surface area contributed by atoms with Crippen LogP contribution in [0.25, 0.3) is 0 Å². The SMILES string of the molecule is CCOC(Cc1ccc(OCCN(CCCCC(C)(F)F)C(=O)Nc2ccc(Oc3ccccc3)cc2)cc1)C(=O)O. The normalized spacial score (nSPS) is 11.9. The van der Waals surface area contributed by atoms with Crippen LogP contribution in [0.4, 0.5) is 19.3 Å². The average molecular weight is 585 g/mol. The van der Waals surface area contributed by atoms with Gasteiger partial charge in [0.05, 0.1) is 6.54 Å². The molecule has 2 N–H and O–H groups in total. The summed E-state index contributed by atoms with van der Waals surface area (Å²) in [5, 5.41) is 12.1. The number of urea groups is 1. The van der Waals surface area contributed by atoms with Crippen molar-refractivity contribution in [1.29, 1.82) is 0 Å². The molecule has 0 spiro atoms. The van der Waals surface area contributed by atoms with E-state index in [2.05, 4.69) is 5.32 Å². The highest BCUT2D eigenvalue weighted by molar-refractivity contribution is 5.89. The van der Waals surface area contributed by atoms with Gasteiger partial charge in [-0.25, -0.2) is 18.4 Å². The highest BCUT2D eigenvalue weighted by atomic mass is 19.3. The zero-order valence-corrected chi connectivity index (χ0v) is 23.9. The van der Waals surface area contributed by atoms with Gasteiger partial charge in [0.1, 0.15) is 23.9 Å². The van der Waals surface area contributed by atoms with Crippen LogP contribution >= 0.6 is 0 Å². The minimum absolute atomic E-state index is 0.178. The van der Waals surface area contributed by atoms with Gasteiger partial charge >= 0.3 is 12.0 Å².